The molecule has 5 heteroatoms. The van der Waals surface area contributed by atoms with Crippen molar-refractivity contribution < 1.29 is 14.3 Å². The Morgan fingerprint density at radius 1 is 1.46 bits per heavy atom. The number of thioether (sulfide) groups is 1. The second-order valence-corrected chi connectivity index (χ2v) is 5.68. The Labute approximate surface area is 81.4 Å². The number of hydrogen-bond donors (Lipinski definition) is 1. The van der Waals surface area contributed by atoms with Crippen LogP contribution < -0.4 is 5.32 Å². The molecule has 0 bridgehead atoms. The zero-order valence-electron chi connectivity index (χ0n) is 7.92. The first-order valence-electron chi connectivity index (χ1n) is 4.04. The van der Waals surface area contributed by atoms with Crippen molar-refractivity contribution in [1.29, 1.82) is 0 Å². The lowest BCUT2D eigenvalue weighted by Gasteiger charge is -2.18. The number of esters is 1. The molecule has 1 amide bonds. The molecular weight excluding hydrogens is 190 g/mol. The van der Waals surface area contributed by atoms with Gasteiger partial charge in [0, 0.05) is 10.5 Å². The summed E-state index contributed by atoms with van der Waals surface area (Å²) in [5, 5.41) is 2.44. The fourth-order valence-electron chi connectivity index (χ4n) is 0.836. The van der Waals surface area contributed by atoms with Crippen LogP contribution in [0.4, 0.5) is 4.79 Å². The van der Waals surface area contributed by atoms with Gasteiger partial charge in [-0.1, -0.05) is 20.8 Å². The first-order chi connectivity index (χ1) is 5.88. The Morgan fingerprint density at radius 3 is 2.46 bits per heavy atom. The van der Waals surface area contributed by atoms with E-state index in [-0.39, 0.29) is 4.75 Å². The van der Waals surface area contributed by atoms with E-state index in [2.05, 4.69) is 30.8 Å². The van der Waals surface area contributed by atoms with E-state index in [1.165, 1.54) is 0 Å². The number of rotatable bonds is 2. The average Bonchev–Trinajstić information content (AvgIpc) is 2.24. The summed E-state index contributed by atoms with van der Waals surface area (Å²) in [4.78, 5) is 21.6. The Kier molecular flexibility index (Phi) is 2.85. The Balaban J connectivity index is 2.38. The molecule has 0 saturated carbocycles. The van der Waals surface area contributed by atoms with Crippen LogP contribution in [0.2, 0.25) is 0 Å². The molecule has 1 N–H and O–H groups in total. The van der Waals surface area contributed by atoms with Gasteiger partial charge in [-0.3, -0.25) is 0 Å². The molecule has 1 aliphatic rings. The molecule has 74 valence electrons. The minimum Gasteiger partial charge on any atom is -0.375 e. The maximum absolute atomic E-state index is 11.0. The summed E-state index contributed by atoms with van der Waals surface area (Å²) in [6.07, 6.45) is -0.635. The van der Waals surface area contributed by atoms with Gasteiger partial charge in [0.2, 0.25) is 0 Å². The van der Waals surface area contributed by atoms with Gasteiger partial charge in [0.25, 0.3) is 0 Å². The lowest BCUT2D eigenvalue weighted by atomic mass is 10.3. The molecule has 1 heterocycles. The predicted octanol–water partition coefficient (Wildman–Crippen LogP) is 1.15. The van der Waals surface area contributed by atoms with Crippen LogP contribution in [-0.4, -0.2) is 28.6 Å². The lowest BCUT2D eigenvalue weighted by Crippen LogP contribution is -2.32. The van der Waals surface area contributed by atoms with Crippen molar-refractivity contribution in [3.63, 3.8) is 0 Å². The highest BCUT2D eigenvalue weighted by atomic mass is 32.2. The molecule has 1 rings (SSSR count). The van der Waals surface area contributed by atoms with Crippen LogP contribution in [0, 0.1) is 0 Å². The van der Waals surface area contributed by atoms with Gasteiger partial charge in [-0.15, -0.1) is 0 Å². The summed E-state index contributed by atoms with van der Waals surface area (Å²) in [6.45, 7) is 6.17. The second-order valence-electron chi connectivity index (χ2n) is 3.83. The number of cyclic esters (lactones) is 2. The third kappa shape index (κ3) is 3.26. The number of nitrogens with one attached hydrogen (secondary N) is 1. The maximum Gasteiger partial charge on any atom is 0.415 e. The minimum atomic E-state index is -0.635. The first-order valence-corrected chi connectivity index (χ1v) is 5.03. The first kappa shape index (κ1) is 10.4. The van der Waals surface area contributed by atoms with Gasteiger partial charge in [-0.05, 0) is 0 Å². The van der Waals surface area contributed by atoms with Gasteiger partial charge >= 0.3 is 12.1 Å². The van der Waals surface area contributed by atoms with Crippen molar-refractivity contribution in [2.75, 3.05) is 5.75 Å². The van der Waals surface area contributed by atoms with Crippen molar-refractivity contribution in [3.8, 4) is 0 Å². The monoisotopic (exact) mass is 203 g/mol. The van der Waals surface area contributed by atoms with Crippen LogP contribution in [-0.2, 0) is 9.53 Å². The molecule has 4 nitrogen and oxygen atoms in total. The van der Waals surface area contributed by atoms with E-state index in [0.717, 1.165) is 0 Å². The molecule has 1 saturated heterocycles. The molecule has 0 radical (unpaired) electrons. The summed E-state index contributed by atoms with van der Waals surface area (Å²) < 4.78 is 4.43. The number of carbonyl (C=O) groups is 2. The van der Waals surface area contributed by atoms with Gasteiger partial charge in [0.15, 0.2) is 0 Å². The molecule has 0 aliphatic carbocycles. The third-order valence-corrected chi connectivity index (χ3v) is 2.82. The largest absolute Gasteiger partial charge is 0.415 e. The number of carbonyl (C=O) groups excluding carboxylic acids is 2. The third-order valence-electron chi connectivity index (χ3n) is 1.45. The van der Waals surface area contributed by atoms with Gasteiger partial charge in [0.05, 0.1) is 0 Å². The summed E-state index contributed by atoms with van der Waals surface area (Å²) in [5.41, 5.74) is 0. The van der Waals surface area contributed by atoms with Crippen molar-refractivity contribution in [3.05, 3.63) is 0 Å². The fraction of sp³-hybridized carbons (Fsp3) is 0.750. The van der Waals surface area contributed by atoms with E-state index in [4.69, 9.17) is 0 Å². The number of ether oxygens (including phenoxy) is 1. The van der Waals surface area contributed by atoms with Crippen LogP contribution in [0.25, 0.3) is 0 Å². The molecule has 1 unspecified atom stereocenters. The minimum absolute atomic E-state index is 0.0909. The van der Waals surface area contributed by atoms with Gasteiger partial charge in [-0.2, -0.15) is 11.8 Å². The molecule has 13 heavy (non-hydrogen) atoms. The lowest BCUT2D eigenvalue weighted by molar-refractivity contribution is -0.134. The predicted molar refractivity (Wildman–Crippen MR) is 50.6 cm³/mol. The Hall–Kier alpha value is -0.710. The molecule has 1 atom stereocenters. The second kappa shape index (κ2) is 3.57. The number of amides is 1. The smallest absolute Gasteiger partial charge is 0.375 e. The van der Waals surface area contributed by atoms with Gasteiger partial charge in [-0.25, -0.2) is 9.59 Å². The van der Waals surface area contributed by atoms with Gasteiger partial charge < -0.3 is 10.1 Å². The molecular formula is C8H13NO3S. The quantitative estimate of drug-likeness (QED) is 0.540. The van der Waals surface area contributed by atoms with Crippen LogP contribution >= 0.6 is 11.8 Å². The van der Waals surface area contributed by atoms with E-state index < -0.39 is 18.1 Å². The zero-order valence-corrected chi connectivity index (χ0v) is 8.73. The van der Waals surface area contributed by atoms with E-state index >= 15 is 0 Å². The highest BCUT2D eigenvalue weighted by Crippen LogP contribution is 2.24. The fourth-order valence-corrected chi connectivity index (χ4v) is 1.72. The normalized spacial score (nSPS) is 22.8. The Bertz CT molecular complexity index is 234. The number of alkyl carbamates (subject to hydrolysis) is 1. The van der Waals surface area contributed by atoms with Crippen molar-refractivity contribution in [2.45, 2.75) is 31.6 Å². The topological polar surface area (TPSA) is 55.4 Å². The van der Waals surface area contributed by atoms with E-state index in [0.29, 0.717) is 5.75 Å². The summed E-state index contributed by atoms with van der Waals surface area (Å²) in [6, 6.07) is -0.475. The molecule has 0 aromatic carbocycles. The van der Waals surface area contributed by atoms with E-state index in [9.17, 15) is 9.59 Å². The highest BCUT2D eigenvalue weighted by molar-refractivity contribution is 8.00. The van der Waals surface area contributed by atoms with Crippen molar-refractivity contribution in [1.82, 2.24) is 5.32 Å². The number of hydrogen-bond acceptors (Lipinski definition) is 4. The molecule has 0 spiro atoms. The molecule has 0 aromatic rings. The Morgan fingerprint density at radius 2 is 2.08 bits per heavy atom. The zero-order chi connectivity index (χ0) is 10.1. The van der Waals surface area contributed by atoms with E-state index in [1.807, 2.05) is 0 Å². The van der Waals surface area contributed by atoms with Crippen LogP contribution in [0.5, 0.6) is 0 Å². The maximum atomic E-state index is 11.0. The van der Waals surface area contributed by atoms with Crippen molar-refractivity contribution >= 4 is 23.8 Å². The molecule has 1 aliphatic heterocycles. The summed E-state index contributed by atoms with van der Waals surface area (Å²) in [5.74, 6) is 0.0930. The average molecular weight is 203 g/mol. The van der Waals surface area contributed by atoms with Crippen LogP contribution in [0.1, 0.15) is 20.8 Å². The van der Waals surface area contributed by atoms with Crippen LogP contribution in [0.3, 0.4) is 0 Å². The highest BCUT2D eigenvalue weighted by Gasteiger charge is 2.33. The van der Waals surface area contributed by atoms with Gasteiger partial charge in [0.1, 0.15) is 6.04 Å². The molecule has 1 fully saturated rings. The molecule has 0 aromatic heterocycles. The standard InChI is InChI=1S/C8H13NO3S/c1-8(2,3)13-4-5-6(10)12-7(11)9-5/h5H,4H2,1-3H3,(H,9,11). The summed E-state index contributed by atoms with van der Waals surface area (Å²) >= 11 is 1.62. The van der Waals surface area contributed by atoms with Crippen LogP contribution in [0.15, 0.2) is 0 Å². The van der Waals surface area contributed by atoms with Crippen molar-refractivity contribution in [2.24, 2.45) is 0 Å². The summed E-state index contributed by atoms with van der Waals surface area (Å²) in [7, 11) is 0. The van der Waals surface area contributed by atoms with E-state index in [1.54, 1.807) is 11.8 Å². The SMILES string of the molecule is CC(C)(C)SCC1NC(=O)OC1=O.